The Balaban J connectivity index is 1.23. The van der Waals surface area contributed by atoms with Gasteiger partial charge in [0.05, 0.1) is 18.1 Å². The van der Waals surface area contributed by atoms with Gasteiger partial charge in [0.25, 0.3) is 5.91 Å². The van der Waals surface area contributed by atoms with Crippen LogP contribution in [0.2, 0.25) is 0 Å². The third-order valence-corrected chi connectivity index (χ3v) is 7.57. The predicted molar refractivity (Wildman–Crippen MR) is 126 cm³/mol. The molecule has 4 aromatic heterocycles. The monoisotopic (exact) mass is 476 g/mol. The van der Waals surface area contributed by atoms with Gasteiger partial charge in [-0.15, -0.1) is 21.5 Å². The molecule has 8 nitrogen and oxygen atoms in total. The van der Waals surface area contributed by atoms with Crippen LogP contribution >= 0.6 is 23.1 Å². The quantitative estimate of drug-likeness (QED) is 0.356. The van der Waals surface area contributed by atoms with E-state index in [1.54, 1.807) is 35.0 Å². The molecule has 1 aliphatic heterocycles. The van der Waals surface area contributed by atoms with E-state index in [1.165, 1.54) is 11.8 Å². The molecule has 0 spiro atoms. The Morgan fingerprint density at radius 1 is 1.18 bits per heavy atom. The number of pyridine rings is 1. The second-order valence-electron chi connectivity index (χ2n) is 7.94. The summed E-state index contributed by atoms with van der Waals surface area (Å²) in [7, 11) is 0. The zero-order valence-electron chi connectivity index (χ0n) is 17.6. The predicted octanol–water partition coefficient (Wildman–Crippen LogP) is 4.80. The number of nitrogens with zero attached hydrogens (tertiary/aromatic N) is 6. The first kappa shape index (κ1) is 20.4. The largest absolute Gasteiger partial charge is 0.463 e. The van der Waals surface area contributed by atoms with E-state index in [2.05, 4.69) is 24.8 Å². The minimum Gasteiger partial charge on any atom is -0.463 e. The summed E-state index contributed by atoms with van der Waals surface area (Å²) in [6, 6.07) is 11.9. The van der Waals surface area contributed by atoms with Crippen LogP contribution in [0.15, 0.2) is 75.1 Å². The van der Waals surface area contributed by atoms with Crippen LogP contribution in [0.25, 0.3) is 11.4 Å². The normalized spacial score (nSPS) is 18.0. The highest BCUT2D eigenvalue weighted by Crippen LogP contribution is 2.41. The summed E-state index contributed by atoms with van der Waals surface area (Å²) < 4.78 is 7.68. The second-order valence-corrected chi connectivity index (χ2v) is 9.86. The molecule has 5 heterocycles. The van der Waals surface area contributed by atoms with Crippen LogP contribution in [0, 0.1) is 0 Å². The van der Waals surface area contributed by atoms with Crippen molar-refractivity contribution in [2.45, 2.75) is 36.5 Å². The molecule has 2 aliphatic rings. The third-order valence-electron chi connectivity index (χ3n) is 5.66. The summed E-state index contributed by atoms with van der Waals surface area (Å²) >= 11 is 3.05. The highest BCUT2D eigenvalue weighted by molar-refractivity contribution is 7.99. The van der Waals surface area contributed by atoms with E-state index in [9.17, 15) is 4.79 Å². The summed E-state index contributed by atoms with van der Waals surface area (Å²) in [6.45, 7) is 0. The maximum atomic E-state index is 13.3. The van der Waals surface area contributed by atoms with Crippen LogP contribution in [0.4, 0.5) is 0 Å². The maximum absolute atomic E-state index is 13.3. The van der Waals surface area contributed by atoms with Crippen molar-refractivity contribution >= 4 is 34.7 Å². The maximum Gasteiger partial charge on any atom is 0.253 e. The summed E-state index contributed by atoms with van der Waals surface area (Å²) in [5, 5.41) is 17.9. The molecule has 0 bridgehead atoms. The molecule has 0 N–H and O–H groups in total. The van der Waals surface area contributed by atoms with Gasteiger partial charge in [-0.2, -0.15) is 5.10 Å². The third kappa shape index (κ3) is 4.00. The molecule has 1 atom stereocenters. The Morgan fingerprint density at radius 3 is 2.85 bits per heavy atom. The van der Waals surface area contributed by atoms with Crippen molar-refractivity contribution in [3.05, 3.63) is 71.1 Å². The van der Waals surface area contributed by atoms with Crippen molar-refractivity contribution in [1.82, 2.24) is 24.8 Å². The van der Waals surface area contributed by atoms with E-state index < -0.39 is 0 Å². The molecule has 1 saturated carbocycles. The van der Waals surface area contributed by atoms with Crippen LogP contribution < -0.4 is 0 Å². The van der Waals surface area contributed by atoms with Gasteiger partial charge >= 0.3 is 0 Å². The van der Waals surface area contributed by atoms with Crippen molar-refractivity contribution in [1.29, 1.82) is 0 Å². The molecule has 4 aromatic rings. The molecule has 0 radical (unpaired) electrons. The fourth-order valence-corrected chi connectivity index (χ4v) is 5.63. The Bertz CT molecular complexity index is 1280. The van der Waals surface area contributed by atoms with Gasteiger partial charge in [0.1, 0.15) is 11.5 Å². The lowest BCUT2D eigenvalue weighted by Crippen LogP contribution is -2.28. The Morgan fingerprint density at radius 2 is 2.12 bits per heavy atom. The number of thioether (sulfide) groups is 1. The second kappa shape index (κ2) is 8.60. The average Bonchev–Trinajstić information content (AvgIpc) is 3.34. The van der Waals surface area contributed by atoms with Crippen molar-refractivity contribution in [2.75, 3.05) is 5.75 Å². The molecule has 10 heteroatoms. The zero-order valence-corrected chi connectivity index (χ0v) is 19.2. The van der Waals surface area contributed by atoms with E-state index in [0.717, 1.165) is 40.0 Å². The molecule has 1 aliphatic carbocycles. The number of hydrazone groups is 1. The average molecular weight is 477 g/mol. The van der Waals surface area contributed by atoms with Gasteiger partial charge in [0, 0.05) is 35.3 Å². The molecule has 0 aromatic carbocycles. The molecule has 166 valence electrons. The van der Waals surface area contributed by atoms with Gasteiger partial charge in [-0.3, -0.25) is 14.3 Å². The fraction of sp³-hybridized carbons (Fsp3) is 0.261. The number of thiophene rings is 1. The van der Waals surface area contributed by atoms with Crippen LogP contribution in [0.3, 0.4) is 0 Å². The number of aromatic nitrogens is 4. The first-order valence-corrected chi connectivity index (χ1v) is 12.6. The number of furan rings is 1. The molecular formula is C23H20N6O2S2. The van der Waals surface area contributed by atoms with Crippen molar-refractivity contribution < 1.29 is 9.21 Å². The number of rotatable bonds is 7. The molecule has 1 amide bonds. The van der Waals surface area contributed by atoms with E-state index in [0.29, 0.717) is 18.2 Å². The fourth-order valence-electron chi connectivity index (χ4n) is 3.96. The molecular weight excluding hydrogens is 456 g/mol. The standard InChI is InChI=1S/C23H20N6O2S2/c30-21(29-18(20-6-3-11-32-20)12-17(27-29)19-5-2-10-31-19)14-33-23-26-25-22(28(23)16-7-8-16)15-4-1-9-24-13-15/h1-6,9-11,13,16,18H,7-8,12,14H2. The number of amides is 1. The Hall–Kier alpha value is -3.24. The van der Waals surface area contributed by atoms with Crippen LogP contribution in [-0.4, -0.2) is 42.1 Å². The van der Waals surface area contributed by atoms with E-state index in [-0.39, 0.29) is 17.7 Å². The SMILES string of the molecule is O=C(CSc1nnc(-c2cccnc2)n1C1CC1)N1N=C(c2ccco2)CC1c1cccs1. The zero-order chi connectivity index (χ0) is 22.2. The Kier molecular flexibility index (Phi) is 5.31. The minimum atomic E-state index is -0.120. The Labute approximate surface area is 198 Å². The topological polar surface area (TPSA) is 89.4 Å². The summed E-state index contributed by atoms with van der Waals surface area (Å²) in [4.78, 5) is 18.6. The lowest BCUT2D eigenvalue weighted by Gasteiger charge is -2.20. The van der Waals surface area contributed by atoms with Crippen molar-refractivity contribution in [2.24, 2.45) is 5.10 Å². The highest BCUT2D eigenvalue weighted by atomic mass is 32.2. The van der Waals surface area contributed by atoms with E-state index in [4.69, 9.17) is 4.42 Å². The van der Waals surface area contributed by atoms with Crippen LogP contribution in [-0.2, 0) is 4.79 Å². The van der Waals surface area contributed by atoms with Crippen LogP contribution in [0.1, 0.15) is 42.0 Å². The van der Waals surface area contributed by atoms with Gasteiger partial charge in [0.2, 0.25) is 0 Å². The summed E-state index contributed by atoms with van der Waals surface area (Å²) in [5.41, 5.74) is 1.72. The summed E-state index contributed by atoms with van der Waals surface area (Å²) in [6.07, 6.45) is 7.99. The van der Waals surface area contributed by atoms with Crippen LogP contribution in [0.5, 0.6) is 0 Å². The van der Waals surface area contributed by atoms with Crippen molar-refractivity contribution in [3.8, 4) is 11.4 Å². The van der Waals surface area contributed by atoms with Gasteiger partial charge in [-0.25, -0.2) is 5.01 Å². The summed E-state index contributed by atoms with van der Waals surface area (Å²) in [5.74, 6) is 1.67. The van der Waals surface area contributed by atoms with E-state index >= 15 is 0 Å². The van der Waals surface area contributed by atoms with Crippen molar-refractivity contribution in [3.63, 3.8) is 0 Å². The van der Waals surface area contributed by atoms with Gasteiger partial charge in [-0.05, 0) is 48.6 Å². The molecule has 1 fully saturated rings. The number of hydrogen-bond donors (Lipinski definition) is 0. The lowest BCUT2D eigenvalue weighted by molar-refractivity contribution is -0.130. The smallest absolute Gasteiger partial charge is 0.253 e. The molecule has 6 rings (SSSR count). The van der Waals surface area contributed by atoms with Gasteiger partial charge in [-0.1, -0.05) is 17.8 Å². The molecule has 0 saturated heterocycles. The first-order valence-electron chi connectivity index (χ1n) is 10.7. The number of hydrogen-bond acceptors (Lipinski definition) is 8. The minimum absolute atomic E-state index is 0.0618. The molecule has 33 heavy (non-hydrogen) atoms. The first-order chi connectivity index (χ1) is 16.3. The highest BCUT2D eigenvalue weighted by Gasteiger charge is 2.35. The van der Waals surface area contributed by atoms with Gasteiger partial charge in [0.15, 0.2) is 11.0 Å². The number of carbonyl (C=O) groups is 1. The van der Waals surface area contributed by atoms with Gasteiger partial charge < -0.3 is 4.42 Å². The number of carbonyl (C=O) groups excluding carboxylic acids is 1. The lowest BCUT2D eigenvalue weighted by atomic mass is 10.1. The van der Waals surface area contributed by atoms with E-state index in [1.807, 2.05) is 41.8 Å². The molecule has 1 unspecified atom stereocenters.